The van der Waals surface area contributed by atoms with Crippen LogP contribution in [0.3, 0.4) is 0 Å². The molecule has 0 aliphatic heterocycles. The molecule has 4 rings (SSSR count). The standard InChI is InChI=1S/C24H40/c1-16(2)21-7-6-8-22-20-10-9-17-15-23(3,4)13-11-18(17)19(20)12-14-24(21,22)5/h17-22H,1,6-15H2,2-5H3/t17-,18+,19-,20-,21-,22+,24-/m1/s1. The summed E-state index contributed by atoms with van der Waals surface area (Å²) >= 11 is 0. The van der Waals surface area contributed by atoms with Crippen molar-refractivity contribution in [2.75, 3.05) is 0 Å². The first-order valence-electron chi connectivity index (χ1n) is 11.0. The summed E-state index contributed by atoms with van der Waals surface area (Å²) in [5, 5.41) is 0. The van der Waals surface area contributed by atoms with Crippen LogP contribution in [-0.2, 0) is 0 Å². The Balaban J connectivity index is 1.57. The molecule has 7 atom stereocenters. The van der Waals surface area contributed by atoms with Crippen molar-refractivity contribution in [2.24, 2.45) is 46.3 Å². The molecule has 0 aromatic carbocycles. The lowest BCUT2D eigenvalue weighted by atomic mass is 9.44. The average Bonchev–Trinajstić information content (AvgIpc) is 2.51. The molecule has 0 radical (unpaired) electrons. The van der Waals surface area contributed by atoms with Gasteiger partial charge < -0.3 is 0 Å². The third kappa shape index (κ3) is 2.62. The summed E-state index contributed by atoms with van der Waals surface area (Å²) in [4.78, 5) is 0. The molecule has 4 aliphatic rings. The molecule has 136 valence electrons. The van der Waals surface area contributed by atoms with Crippen LogP contribution in [0, 0.1) is 46.3 Å². The normalized spacial score (nSPS) is 50.3. The fraction of sp³-hybridized carbons (Fsp3) is 0.917. The first-order valence-corrected chi connectivity index (χ1v) is 11.0. The highest BCUT2D eigenvalue weighted by atomic mass is 14.6. The van der Waals surface area contributed by atoms with Gasteiger partial charge in [-0.25, -0.2) is 0 Å². The van der Waals surface area contributed by atoms with Gasteiger partial charge in [-0.2, -0.15) is 0 Å². The van der Waals surface area contributed by atoms with Crippen molar-refractivity contribution >= 4 is 0 Å². The molecule has 4 fully saturated rings. The predicted octanol–water partition coefficient (Wildman–Crippen LogP) is 7.25. The molecule has 0 unspecified atom stereocenters. The molecular weight excluding hydrogens is 288 g/mol. The number of hydrogen-bond donors (Lipinski definition) is 0. The van der Waals surface area contributed by atoms with Crippen LogP contribution in [0.25, 0.3) is 0 Å². The Morgan fingerprint density at radius 3 is 2.33 bits per heavy atom. The van der Waals surface area contributed by atoms with E-state index in [-0.39, 0.29) is 0 Å². The van der Waals surface area contributed by atoms with Crippen molar-refractivity contribution in [1.82, 2.24) is 0 Å². The molecule has 0 bridgehead atoms. The molecule has 0 spiro atoms. The molecular formula is C24H40. The van der Waals surface area contributed by atoms with Crippen molar-refractivity contribution in [3.63, 3.8) is 0 Å². The van der Waals surface area contributed by atoms with Crippen LogP contribution < -0.4 is 0 Å². The summed E-state index contributed by atoms with van der Waals surface area (Å²) in [6, 6.07) is 0. The zero-order chi connectivity index (χ0) is 17.1. The minimum Gasteiger partial charge on any atom is -0.0998 e. The third-order valence-corrected chi connectivity index (χ3v) is 9.32. The lowest BCUT2D eigenvalue weighted by Gasteiger charge is -2.61. The van der Waals surface area contributed by atoms with E-state index in [4.69, 9.17) is 0 Å². The molecule has 0 aromatic rings. The Bertz CT molecular complexity index is 500. The van der Waals surface area contributed by atoms with Crippen molar-refractivity contribution in [1.29, 1.82) is 0 Å². The van der Waals surface area contributed by atoms with E-state index in [0.29, 0.717) is 10.8 Å². The largest absolute Gasteiger partial charge is 0.0998 e. The van der Waals surface area contributed by atoms with Crippen molar-refractivity contribution in [3.8, 4) is 0 Å². The monoisotopic (exact) mass is 328 g/mol. The molecule has 0 N–H and O–H groups in total. The van der Waals surface area contributed by atoms with E-state index in [1.807, 2.05) is 0 Å². The lowest BCUT2D eigenvalue weighted by molar-refractivity contribution is -0.107. The van der Waals surface area contributed by atoms with Gasteiger partial charge in [0.25, 0.3) is 0 Å². The van der Waals surface area contributed by atoms with Gasteiger partial charge in [0, 0.05) is 0 Å². The third-order valence-electron chi connectivity index (χ3n) is 9.32. The maximum Gasteiger partial charge on any atom is -0.0152 e. The topological polar surface area (TPSA) is 0 Å². The van der Waals surface area contributed by atoms with E-state index >= 15 is 0 Å². The van der Waals surface area contributed by atoms with Gasteiger partial charge in [0.1, 0.15) is 0 Å². The first kappa shape index (κ1) is 17.2. The van der Waals surface area contributed by atoms with Crippen molar-refractivity contribution < 1.29 is 0 Å². The quantitative estimate of drug-likeness (QED) is 0.445. The number of fused-ring (bicyclic) bond motifs is 5. The van der Waals surface area contributed by atoms with E-state index in [1.54, 1.807) is 12.8 Å². The summed E-state index contributed by atoms with van der Waals surface area (Å²) in [5.74, 6) is 6.06. The number of allylic oxidation sites excluding steroid dienone is 1. The van der Waals surface area contributed by atoms with Crippen LogP contribution in [0.1, 0.15) is 91.9 Å². The van der Waals surface area contributed by atoms with E-state index < -0.39 is 0 Å². The Morgan fingerprint density at radius 1 is 0.833 bits per heavy atom. The minimum atomic E-state index is 0.575. The highest BCUT2D eigenvalue weighted by molar-refractivity contribution is 5.12. The molecule has 0 heteroatoms. The zero-order valence-corrected chi connectivity index (χ0v) is 16.7. The summed E-state index contributed by atoms with van der Waals surface area (Å²) in [7, 11) is 0. The van der Waals surface area contributed by atoms with Crippen LogP contribution in [0.5, 0.6) is 0 Å². The summed E-state index contributed by atoms with van der Waals surface area (Å²) < 4.78 is 0. The zero-order valence-electron chi connectivity index (χ0n) is 16.7. The molecule has 4 aliphatic carbocycles. The van der Waals surface area contributed by atoms with E-state index in [2.05, 4.69) is 34.3 Å². The van der Waals surface area contributed by atoms with Crippen molar-refractivity contribution in [2.45, 2.75) is 91.9 Å². The van der Waals surface area contributed by atoms with Gasteiger partial charge in [0.2, 0.25) is 0 Å². The van der Waals surface area contributed by atoms with Gasteiger partial charge in [-0.1, -0.05) is 39.3 Å². The highest BCUT2D eigenvalue weighted by Gasteiger charge is 2.55. The number of rotatable bonds is 1. The number of hydrogen-bond acceptors (Lipinski definition) is 0. The van der Waals surface area contributed by atoms with Gasteiger partial charge in [0.05, 0.1) is 0 Å². The highest BCUT2D eigenvalue weighted by Crippen LogP contribution is 2.64. The molecule has 24 heavy (non-hydrogen) atoms. The van der Waals surface area contributed by atoms with Gasteiger partial charge in [0.15, 0.2) is 0 Å². The van der Waals surface area contributed by atoms with Crippen molar-refractivity contribution in [3.05, 3.63) is 12.2 Å². The summed E-state index contributed by atoms with van der Waals surface area (Å²) in [6.45, 7) is 14.4. The van der Waals surface area contributed by atoms with Gasteiger partial charge >= 0.3 is 0 Å². The predicted molar refractivity (Wildman–Crippen MR) is 104 cm³/mol. The molecule has 0 aromatic heterocycles. The molecule has 0 nitrogen and oxygen atoms in total. The fourth-order valence-electron chi connectivity index (χ4n) is 8.31. The Morgan fingerprint density at radius 2 is 1.58 bits per heavy atom. The minimum absolute atomic E-state index is 0.575. The van der Waals surface area contributed by atoms with Crippen LogP contribution in [0.4, 0.5) is 0 Å². The molecule has 0 heterocycles. The smallest absolute Gasteiger partial charge is 0.0152 e. The van der Waals surface area contributed by atoms with Crippen LogP contribution in [0.15, 0.2) is 12.2 Å². The SMILES string of the molecule is C=C(C)[C@H]1CCC[C@H]2[C@@H]3CC[C@@H]4CC(C)(C)CC[C@@H]4[C@H]3CC[C@]12C. The summed E-state index contributed by atoms with van der Waals surface area (Å²) in [6.07, 6.45) is 15.0. The maximum atomic E-state index is 4.40. The Kier molecular flexibility index (Phi) is 4.21. The fourth-order valence-corrected chi connectivity index (χ4v) is 8.31. The van der Waals surface area contributed by atoms with E-state index in [1.165, 1.54) is 56.9 Å². The first-order chi connectivity index (χ1) is 11.3. The van der Waals surface area contributed by atoms with E-state index in [0.717, 1.165) is 35.5 Å². The average molecular weight is 329 g/mol. The summed E-state index contributed by atoms with van der Waals surface area (Å²) in [5.41, 5.74) is 2.67. The second-order valence-corrected chi connectivity index (χ2v) is 11.2. The van der Waals surface area contributed by atoms with Gasteiger partial charge in [-0.15, -0.1) is 0 Å². The second kappa shape index (κ2) is 5.88. The molecule has 0 amide bonds. The van der Waals surface area contributed by atoms with Gasteiger partial charge in [-0.3, -0.25) is 0 Å². The molecule has 0 saturated heterocycles. The van der Waals surface area contributed by atoms with E-state index in [9.17, 15) is 0 Å². The Hall–Kier alpha value is -0.260. The second-order valence-electron chi connectivity index (χ2n) is 11.2. The van der Waals surface area contributed by atoms with Crippen LogP contribution >= 0.6 is 0 Å². The maximum absolute atomic E-state index is 4.40. The van der Waals surface area contributed by atoms with Gasteiger partial charge in [-0.05, 0) is 111 Å². The lowest BCUT2D eigenvalue weighted by Crippen LogP contribution is -2.53. The molecule has 4 saturated carbocycles. The van der Waals surface area contributed by atoms with Crippen LogP contribution in [0.2, 0.25) is 0 Å². The Labute approximate surface area is 150 Å². The van der Waals surface area contributed by atoms with Crippen LogP contribution in [-0.4, -0.2) is 0 Å².